The van der Waals surface area contributed by atoms with Crippen molar-refractivity contribution in [1.82, 2.24) is 10.3 Å². The van der Waals surface area contributed by atoms with E-state index in [4.69, 9.17) is 4.74 Å². The molecule has 6 nitrogen and oxygen atoms in total. The highest BCUT2D eigenvalue weighted by Gasteiger charge is 2.27. The number of rotatable bonds is 10. The Morgan fingerprint density at radius 2 is 2.09 bits per heavy atom. The van der Waals surface area contributed by atoms with Gasteiger partial charge in [-0.1, -0.05) is 31.2 Å². The first-order chi connectivity index (χ1) is 15.4. The first-order valence-corrected chi connectivity index (χ1v) is 11.2. The predicted molar refractivity (Wildman–Crippen MR) is 127 cm³/mol. The van der Waals surface area contributed by atoms with Gasteiger partial charge in [-0.2, -0.15) is 0 Å². The number of amides is 1. The van der Waals surface area contributed by atoms with Crippen LogP contribution in [0.15, 0.2) is 48.7 Å². The van der Waals surface area contributed by atoms with Gasteiger partial charge >= 0.3 is 0 Å². The van der Waals surface area contributed by atoms with Crippen molar-refractivity contribution in [2.75, 3.05) is 36.4 Å². The summed E-state index contributed by atoms with van der Waals surface area (Å²) < 4.78 is 21.0. The second-order valence-corrected chi connectivity index (χ2v) is 8.36. The third-order valence-electron chi connectivity index (χ3n) is 5.54. The van der Waals surface area contributed by atoms with Crippen LogP contribution in [0, 0.1) is 5.82 Å². The van der Waals surface area contributed by atoms with Crippen molar-refractivity contribution in [3.05, 3.63) is 60.1 Å². The Morgan fingerprint density at radius 3 is 2.78 bits per heavy atom. The summed E-state index contributed by atoms with van der Waals surface area (Å²) in [5, 5.41) is 5.92. The number of nitrogens with one attached hydrogen (secondary N) is 2. The maximum Gasteiger partial charge on any atom is 0.227 e. The molecule has 2 N–H and O–H groups in total. The topological polar surface area (TPSA) is 66.5 Å². The molecule has 1 amide bonds. The van der Waals surface area contributed by atoms with Crippen LogP contribution in [0.4, 0.5) is 15.9 Å². The summed E-state index contributed by atoms with van der Waals surface area (Å²) >= 11 is 0. The van der Waals surface area contributed by atoms with Gasteiger partial charge in [-0.05, 0) is 44.0 Å². The molecule has 2 aromatic rings. The van der Waals surface area contributed by atoms with Gasteiger partial charge in [0.2, 0.25) is 5.91 Å². The number of hydrogen-bond donors (Lipinski definition) is 2. The summed E-state index contributed by atoms with van der Waals surface area (Å²) in [7, 11) is 0. The van der Waals surface area contributed by atoms with E-state index in [0.717, 1.165) is 36.3 Å². The molecule has 2 unspecified atom stereocenters. The van der Waals surface area contributed by atoms with Crippen LogP contribution < -0.4 is 20.3 Å². The Balaban J connectivity index is 1.57. The first kappa shape index (κ1) is 23.6. The normalized spacial score (nSPS) is 16.5. The lowest BCUT2D eigenvalue weighted by molar-refractivity contribution is -0.122. The zero-order chi connectivity index (χ0) is 23.1. The molecule has 0 aliphatic carbocycles. The van der Waals surface area contributed by atoms with Crippen molar-refractivity contribution < 1.29 is 13.9 Å². The van der Waals surface area contributed by atoms with Crippen LogP contribution in [0.1, 0.15) is 45.1 Å². The van der Waals surface area contributed by atoms with Gasteiger partial charge in [0, 0.05) is 32.3 Å². The number of hydrogen-bond acceptors (Lipinski definition) is 5. The van der Waals surface area contributed by atoms with Crippen molar-refractivity contribution in [3.63, 3.8) is 0 Å². The van der Waals surface area contributed by atoms with E-state index in [9.17, 15) is 9.18 Å². The van der Waals surface area contributed by atoms with E-state index in [-0.39, 0.29) is 23.7 Å². The number of halogens is 1. The van der Waals surface area contributed by atoms with Crippen LogP contribution in [0.25, 0.3) is 0 Å². The largest absolute Gasteiger partial charge is 0.489 e. The first-order valence-electron chi connectivity index (χ1n) is 11.2. The fraction of sp³-hybridized carbons (Fsp3) is 0.440. The summed E-state index contributed by atoms with van der Waals surface area (Å²) in [6.07, 6.45) is 3.32. The van der Waals surface area contributed by atoms with Crippen LogP contribution in [0.2, 0.25) is 0 Å². The van der Waals surface area contributed by atoms with Gasteiger partial charge < -0.3 is 20.3 Å². The minimum Gasteiger partial charge on any atom is -0.489 e. The van der Waals surface area contributed by atoms with Crippen LogP contribution >= 0.6 is 0 Å². The van der Waals surface area contributed by atoms with Crippen molar-refractivity contribution in [1.29, 1.82) is 0 Å². The predicted octanol–water partition coefficient (Wildman–Crippen LogP) is 4.50. The number of carbonyl (C=O) groups excluding carboxylic acids is 1. The quantitative estimate of drug-likeness (QED) is 0.533. The lowest BCUT2D eigenvalue weighted by atomic mass is 10.0. The summed E-state index contributed by atoms with van der Waals surface area (Å²) in [5.41, 5.74) is 2.39. The lowest BCUT2D eigenvalue weighted by Gasteiger charge is -2.21. The third kappa shape index (κ3) is 5.99. The zero-order valence-electron chi connectivity index (χ0n) is 19.2. The molecule has 1 aromatic heterocycles. The number of benzene rings is 1. The van der Waals surface area contributed by atoms with Gasteiger partial charge in [0.25, 0.3) is 0 Å². The summed E-state index contributed by atoms with van der Waals surface area (Å²) in [4.78, 5) is 18.4. The molecule has 32 heavy (non-hydrogen) atoms. The second-order valence-electron chi connectivity index (χ2n) is 8.36. The minimum atomic E-state index is -0.315. The van der Waals surface area contributed by atoms with Gasteiger partial charge in [-0.3, -0.25) is 4.79 Å². The molecule has 0 radical (unpaired) electrons. The molecule has 2 heterocycles. The lowest BCUT2D eigenvalue weighted by Crippen LogP contribution is -2.29. The highest BCUT2D eigenvalue weighted by molar-refractivity contribution is 5.83. The molecular weight excluding hydrogens is 407 g/mol. The third-order valence-corrected chi connectivity index (χ3v) is 5.54. The van der Waals surface area contributed by atoms with Crippen LogP contribution in [-0.4, -0.2) is 43.2 Å². The van der Waals surface area contributed by atoms with Crippen molar-refractivity contribution in [3.8, 4) is 5.75 Å². The van der Waals surface area contributed by atoms with Crippen LogP contribution in [0.5, 0.6) is 5.75 Å². The molecule has 0 spiro atoms. The Hall–Kier alpha value is -3.09. The molecule has 0 bridgehead atoms. The van der Waals surface area contributed by atoms with Gasteiger partial charge in [-0.25, -0.2) is 9.37 Å². The molecule has 1 aliphatic heterocycles. The Kier molecular flexibility index (Phi) is 8.09. The minimum absolute atomic E-state index is 0.0275. The number of aromatic nitrogens is 1. The summed E-state index contributed by atoms with van der Waals surface area (Å²) in [6.45, 7) is 12.1. The van der Waals surface area contributed by atoms with E-state index in [1.807, 2.05) is 49.9 Å². The monoisotopic (exact) mass is 440 g/mol. The average molecular weight is 441 g/mol. The molecular formula is C25H33FN4O2. The van der Waals surface area contributed by atoms with Crippen LogP contribution in [-0.2, 0) is 4.79 Å². The number of carbonyl (C=O) groups is 1. The molecule has 7 heteroatoms. The number of nitrogens with zero attached hydrogens (tertiary/aromatic N) is 2. The maximum atomic E-state index is 14.8. The molecule has 2 atom stereocenters. The molecule has 1 saturated heterocycles. The van der Waals surface area contributed by atoms with E-state index in [1.54, 1.807) is 12.3 Å². The van der Waals surface area contributed by atoms with Crippen molar-refractivity contribution >= 4 is 17.4 Å². The Labute approximate surface area is 189 Å². The van der Waals surface area contributed by atoms with E-state index < -0.39 is 0 Å². The smallest absolute Gasteiger partial charge is 0.227 e. The van der Waals surface area contributed by atoms with Crippen molar-refractivity contribution in [2.24, 2.45) is 0 Å². The molecule has 0 saturated carbocycles. The molecule has 172 valence electrons. The van der Waals surface area contributed by atoms with Crippen LogP contribution in [0.3, 0.4) is 0 Å². The highest BCUT2D eigenvalue weighted by Crippen LogP contribution is 2.29. The molecule has 3 rings (SSSR count). The number of anilines is 2. The van der Waals surface area contributed by atoms with E-state index >= 15 is 0 Å². The van der Waals surface area contributed by atoms with Gasteiger partial charge in [0.1, 0.15) is 11.9 Å². The average Bonchev–Trinajstić information content (AvgIpc) is 3.25. The fourth-order valence-corrected chi connectivity index (χ4v) is 3.66. The van der Waals surface area contributed by atoms with E-state index in [1.165, 1.54) is 0 Å². The Bertz CT molecular complexity index is 932. The highest BCUT2D eigenvalue weighted by atomic mass is 19.1. The second kappa shape index (κ2) is 11.0. The Morgan fingerprint density at radius 1 is 1.34 bits per heavy atom. The zero-order valence-corrected chi connectivity index (χ0v) is 19.2. The maximum absolute atomic E-state index is 14.8. The molecule has 1 fully saturated rings. The van der Waals surface area contributed by atoms with Crippen molar-refractivity contribution in [2.45, 2.75) is 45.6 Å². The van der Waals surface area contributed by atoms with E-state index in [0.29, 0.717) is 31.1 Å². The van der Waals surface area contributed by atoms with E-state index in [2.05, 4.69) is 22.2 Å². The van der Waals surface area contributed by atoms with Gasteiger partial charge in [0.15, 0.2) is 11.6 Å². The number of ether oxygens (including phenoxy) is 1. The fourth-order valence-electron chi connectivity index (χ4n) is 3.66. The number of pyridine rings is 1. The summed E-state index contributed by atoms with van der Waals surface area (Å²) in [5.74, 6) is 0.446. The standard InChI is InChI=1S/C25H33FN4O2/c1-5-12-27-24-23(26)22(10-13-28-24)30-14-11-21(16-30)32-20-8-6-19(7-9-20)18(4)25(31)29-15-17(2)3/h6-10,13,18,21H,2,5,11-12,14-16H2,1,3-4H3,(H,27,28)(H,29,31). The van der Waals surface area contributed by atoms with Gasteiger partial charge in [0.05, 0.1) is 18.2 Å². The SMILES string of the molecule is C=C(C)CNC(=O)C(C)c1ccc(OC2CCN(c3ccnc(NCCC)c3F)C2)cc1. The molecule has 1 aromatic carbocycles. The van der Waals surface area contributed by atoms with Gasteiger partial charge in [-0.15, -0.1) is 0 Å². The molecule has 1 aliphatic rings. The summed E-state index contributed by atoms with van der Waals surface area (Å²) in [6, 6.07) is 9.33.